The molecule has 3 heterocycles. The zero-order valence-corrected chi connectivity index (χ0v) is 19.3. The molecule has 0 unspecified atom stereocenters. The summed E-state index contributed by atoms with van der Waals surface area (Å²) in [6.45, 7) is 5.16. The number of ether oxygens (including phenoxy) is 1. The minimum absolute atomic E-state index is 0.0915. The van der Waals surface area contributed by atoms with Crippen LogP contribution in [0.3, 0.4) is 0 Å². The monoisotopic (exact) mass is 468 g/mol. The maximum absolute atomic E-state index is 12.8. The van der Waals surface area contributed by atoms with Gasteiger partial charge in [-0.3, -0.25) is 19.3 Å². The number of thiazole rings is 1. The number of hydrogen-bond donors (Lipinski definition) is 2. The Morgan fingerprint density at radius 3 is 2.73 bits per heavy atom. The summed E-state index contributed by atoms with van der Waals surface area (Å²) in [6, 6.07) is 2.88. The molecule has 3 aromatic rings. The molecule has 0 aromatic carbocycles. The van der Waals surface area contributed by atoms with Crippen LogP contribution >= 0.6 is 11.3 Å². The van der Waals surface area contributed by atoms with Gasteiger partial charge in [0.15, 0.2) is 5.13 Å². The molecule has 0 bridgehead atoms. The van der Waals surface area contributed by atoms with Gasteiger partial charge in [0, 0.05) is 29.1 Å². The molecule has 2 N–H and O–H groups in total. The Balaban J connectivity index is 1.54. The lowest BCUT2D eigenvalue weighted by molar-refractivity contribution is -0.148. The molecule has 9 nitrogen and oxygen atoms in total. The summed E-state index contributed by atoms with van der Waals surface area (Å²) in [5.74, 6) is -1.12. The van der Waals surface area contributed by atoms with Crippen molar-refractivity contribution in [3.63, 3.8) is 0 Å². The average Bonchev–Trinajstić information content (AvgIpc) is 3.12. The molecule has 0 saturated heterocycles. The van der Waals surface area contributed by atoms with Crippen LogP contribution in [0.1, 0.15) is 67.6 Å². The molecule has 1 fully saturated rings. The number of pyridine rings is 1. The summed E-state index contributed by atoms with van der Waals surface area (Å²) in [6.07, 6.45) is 7.07. The first-order valence-corrected chi connectivity index (χ1v) is 11.4. The van der Waals surface area contributed by atoms with Gasteiger partial charge in [-0.05, 0) is 51.8 Å². The van der Waals surface area contributed by atoms with Crippen LogP contribution in [0.4, 0.5) is 5.13 Å². The third-order valence-electron chi connectivity index (χ3n) is 5.17. The van der Waals surface area contributed by atoms with Gasteiger partial charge in [-0.25, -0.2) is 9.78 Å². The molecule has 172 valence electrons. The summed E-state index contributed by atoms with van der Waals surface area (Å²) >= 11 is 1.37. The molecule has 0 radical (unpaired) electrons. The highest BCUT2D eigenvalue weighted by molar-refractivity contribution is 7.14. The summed E-state index contributed by atoms with van der Waals surface area (Å²) in [4.78, 5) is 45.8. The van der Waals surface area contributed by atoms with Crippen molar-refractivity contribution in [3.8, 4) is 5.88 Å². The summed E-state index contributed by atoms with van der Waals surface area (Å²) < 4.78 is 6.34. The smallest absolute Gasteiger partial charge is 0.331 e. The predicted molar refractivity (Wildman–Crippen MR) is 125 cm³/mol. The molecular weight excluding hydrogens is 444 g/mol. The van der Waals surface area contributed by atoms with Crippen LogP contribution in [0, 0.1) is 0 Å². The number of carbonyl (C=O) groups excluding carboxylic acids is 2. The Hall–Kier alpha value is -3.53. The van der Waals surface area contributed by atoms with Crippen molar-refractivity contribution in [2.45, 2.75) is 51.6 Å². The van der Waals surface area contributed by atoms with Gasteiger partial charge in [0.25, 0.3) is 11.5 Å². The molecule has 1 aliphatic rings. The minimum Gasteiger partial charge on any atom is -0.493 e. The molecule has 1 aliphatic carbocycles. The first kappa shape index (κ1) is 22.7. The Morgan fingerprint density at radius 2 is 2.06 bits per heavy atom. The number of amides is 1. The van der Waals surface area contributed by atoms with E-state index in [4.69, 9.17) is 4.74 Å². The van der Waals surface area contributed by atoms with Gasteiger partial charge in [-0.2, -0.15) is 4.98 Å². The Kier molecular flexibility index (Phi) is 6.03. The van der Waals surface area contributed by atoms with Crippen LogP contribution in [-0.4, -0.2) is 37.0 Å². The average molecular weight is 469 g/mol. The fraction of sp³-hybridized carbons (Fsp3) is 0.348. The quantitative estimate of drug-likeness (QED) is 0.432. The number of hydrogen-bond acceptors (Lipinski definition) is 8. The molecule has 1 saturated carbocycles. The highest BCUT2D eigenvalue weighted by atomic mass is 32.1. The third-order valence-corrected chi connectivity index (χ3v) is 5.94. The number of fused-ring (bicyclic) bond motifs is 1. The molecule has 33 heavy (non-hydrogen) atoms. The fourth-order valence-electron chi connectivity index (χ4n) is 3.32. The Bertz CT molecular complexity index is 1310. The number of aromatic hydroxyl groups is 1. The molecular formula is C23H24N4O5S. The van der Waals surface area contributed by atoms with Crippen LogP contribution in [0.25, 0.3) is 11.7 Å². The van der Waals surface area contributed by atoms with Crippen LogP contribution in [0.15, 0.2) is 34.6 Å². The zero-order chi connectivity index (χ0) is 23.8. The summed E-state index contributed by atoms with van der Waals surface area (Å²) in [5, 5.41) is 15.5. The fourth-order valence-corrected chi connectivity index (χ4v) is 4.11. The van der Waals surface area contributed by atoms with Crippen LogP contribution in [-0.2, 0) is 9.53 Å². The molecule has 4 rings (SSSR count). The molecule has 1 amide bonds. The number of nitrogens with zero attached hydrogens (tertiary/aromatic N) is 3. The van der Waals surface area contributed by atoms with Gasteiger partial charge in [0.05, 0.1) is 5.69 Å². The second kappa shape index (κ2) is 8.78. The van der Waals surface area contributed by atoms with Gasteiger partial charge in [-0.1, -0.05) is 6.42 Å². The van der Waals surface area contributed by atoms with Gasteiger partial charge < -0.3 is 9.84 Å². The van der Waals surface area contributed by atoms with Gasteiger partial charge >= 0.3 is 5.97 Å². The van der Waals surface area contributed by atoms with Crippen LogP contribution < -0.4 is 10.9 Å². The molecule has 10 heteroatoms. The maximum Gasteiger partial charge on any atom is 0.331 e. The van der Waals surface area contributed by atoms with Crippen molar-refractivity contribution in [2.24, 2.45) is 0 Å². The normalized spacial score (nSPS) is 14.4. The highest BCUT2D eigenvalue weighted by Crippen LogP contribution is 2.37. The van der Waals surface area contributed by atoms with E-state index in [-0.39, 0.29) is 16.8 Å². The van der Waals surface area contributed by atoms with E-state index in [0.717, 1.165) is 30.7 Å². The van der Waals surface area contributed by atoms with Crippen molar-refractivity contribution in [1.29, 1.82) is 0 Å². The lowest BCUT2D eigenvalue weighted by Gasteiger charge is -2.22. The lowest BCUT2D eigenvalue weighted by atomic mass is 9.83. The van der Waals surface area contributed by atoms with E-state index in [2.05, 4.69) is 15.3 Å². The topological polar surface area (TPSA) is 123 Å². The third kappa shape index (κ3) is 5.11. The highest BCUT2D eigenvalue weighted by Gasteiger charge is 2.22. The van der Waals surface area contributed by atoms with Gasteiger partial charge in [0.2, 0.25) is 5.88 Å². The number of carbonyl (C=O) groups is 2. The van der Waals surface area contributed by atoms with E-state index in [0.29, 0.717) is 11.0 Å². The number of nitrogens with one attached hydrogen (secondary N) is 1. The zero-order valence-electron chi connectivity index (χ0n) is 18.5. The number of rotatable bonds is 5. The number of esters is 1. The lowest BCUT2D eigenvalue weighted by Crippen LogP contribution is -2.23. The first-order chi connectivity index (χ1) is 15.6. The van der Waals surface area contributed by atoms with Crippen molar-refractivity contribution in [1.82, 2.24) is 14.4 Å². The largest absolute Gasteiger partial charge is 0.493 e. The number of aromatic nitrogens is 3. The van der Waals surface area contributed by atoms with Crippen molar-refractivity contribution < 1.29 is 19.4 Å². The van der Waals surface area contributed by atoms with E-state index >= 15 is 0 Å². The van der Waals surface area contributed by atoms with Crippen molar-refractivity contribution >= 4 is 40.1 Å². The van der Waals surface area contributed by atoms with Crippen LogP contribution in [0.2, 0.25) is 0 Å². The molecule has 0 atom stereocenters. The van der Waals surface area contributed by atoms with Gasteiger partial charge in [0.1, 0.15) is 16.8 Å². The Labute approximate surface area is 193 Å². The van der Waals surface area contributed by atoms with Crippen molar-refractivity contribution in [3.05, 3.63) is 57.0 Å². The predicted octanol–water partition coefficient (Wildman–Crippen LogP) is 3.73. The minimum atomic E-state index is -0.686. The molecule has 0 spiro atoms. The van der Waals surface area contributed by atoms with Gasteiger partial charge in [-0.15, -0.1) is 11.3 Å². The van der Waals surface area contributed by atoms with E-state index in [9.17, 15) is 19.5 Å². The first-order valence-electron chi connectivity index (χ1n) is 10.5. The SMILES string of the molecule is CC(C)(C)OC(=O)C=Cc1c(O)nc2cc(C(=O)Nc3nc(C4CCC4)cs3)ccn2c1=O. The second-order valence-corrected chi connectivity index (χ2v) is 9.68. The number of anilines is 1. The standard InChI is InChI=1S/C23H24N4O5S/c1-23(2,3)32-18(28)8-7-15-20(30)25-17-11-14(9-10-27(17)21(15)31)19(29)26-22-24-16(12-33-22)13-5-4-6-13/h7-13,30H,4-6H2,1-3H3,(H,24,26,29). The van der Waals surface area contributed by atoms with E-state index in [1.165, 1.54) is 40.5 Å². The van der Waals surface area contributed by atoms with E-state index < -0.39 is 28.9 Å². The Morgan fingerprint density at radius 1 is 1.30 bits per heavy atom. The van der Waals surface area contributed by atoms with Crippen LogP contribution in [0.5, 0.6) is 5.88 Å². The summed E-state index contributed by atoms with van der Waals surface area (Å²) in [5.41, 5.74) is -0.0805. The van der Waals surface area contributed by atoms with E-state index in [1.54, 1.807) is 20.8 Å². The summed E-state index contributed by atoms with van der Waals surface area (Å²) in [7, 11) is 0. The van der Waals surface area contributed by atoms with Crippen molar-refractivity contribution in [2.75, 3.05) is 5.32 Å². The second-order valence-electron chi connectivity index (χ2n) is 8.82. The maximum atomic E-state index is 12.8. The van der Waals surface area contributed by atoms with E-state index in [1.807, 2.05) is 5.38 Å². The molecule has 0 aliphatic heterocycles. The molecule has 3 aromatic heterocycles.